The minimum absolute atomic E-state index is 0.0464. The third-order valence-corrected chi connectivity index (χ3v) is 6.80. The lowest BCUT2D eigenvalue weighted by atomic mass is 9.97. The molecule has 4 rings (SSSR count). The molecule has 0 aliphatic heterocycles. The molecule has 2 aromatic heterocycles. The zero-order valence-electron chi connectivity index (χ0n) is 17.5. The molecule has 0 spiro atoms. The van der Waals surface area contributed by atoms with E-state index in [9.17, 15) is 9.59 Å². The zero-order chi connectivity index (χ0) is 21.1. The molecule has 0 saturated heterocycles. The Hall–Kier alpha value is -2.67. The van der Waals surface area contributed by atoms with Gasteiger partial charge in [0, 0.05) is 24.3 Å². The van der Waals surface area contributed by atoms with Crippen molar-refractivity contribution in [3.05, 3.63) is 55.9 Å². The largest absolute Gasteiger partial charge is 0.496 e. The number of benzene rings is 1. The highest BCUT2D eigenvalue weighted by atomic mass is 32.1. The molecule has 1 amide bonds. The summed E-state index contributed by atoms with van der Waals surface area (Å²) in [5.74, 6) is 1.38. The fourth-order valence-electron chi connectivity index (χ4n) is 4.09. The Morgan fingerprint density at radius 1 is 1.27 bits per heavy atom. The van der Waals surface area contributed by atoms with Gasteiger partial charge in [0.25, 0.3) is 5.56 Å². The van der Waals surface area contributed by atoms with Gasteiger partial charge in [-0.25, -0.2) is 4.98 Å². The molecule has 2 N–H and O–H groups in total. The highest BCUT2D eigenvalue weighted by Crippen LogP contribution is 2.33. The molecule has 0 fully saturated rings. The predicted octanol–water partition coefficient (Wildman–Crippen LogP) is 3.47. The molecule has 0 atom stereocenters. The van der Waals surface area contributed by atoms with E-state index in [0.29, 0.717) is 31.6 Å². The standard InChI is InChI=1S/C23H27N3O3S/c1-14-7-8-17(29-2)15(13-14)11-12-24-20(27)10-9-19-25-22(28)21-16-5-3-4-6-18(16)30-23(21)26-19/h7-8,13H,3-6,9-12H2,1-2H3,(H,24,27)(H,25,26,28). The number of nitrogens with zero attached hydrogens (tertiary/aromatic N) is 1. The number of aryl methyl sites for hydroxylation is 4. The summed E-state index contributed by atoms with van der Waals surface area (Å²) in [7, 11) is 1.65. The summed E-state index contributed by atoms with van der Waals surface area (Å²) in [6.45, 7) is 2.58. The maximum Gasteiger partial charge on any atom is 0.259 e. The number of thiophene rings is 1. The Bertz CT molecular complexity index is 1130. The van der Waals surface area contributed by atoms with Gasteiger partial charge >= 0.3 is 0 Å². The minimum atomic E-state index is -0.0682. The number of hydrogen-bond acceptors (Lipinski definition) is 5. The molecule has 158 valence electrons. The first-order chi connectivity index (χ1) is 14.5. The maximum atomic E-state index is 12.6. The van der Waals surface area contributed by atoms with Gasteiger partial charge < -0.3 is 15.0 Å². The Morgan fingerprint density at radius 2 is 2.10 bits per heavy atom. The Labute approximate surface area is 179 Å². The van der Waals surface area contributed by atoms with E-state index in [1.165, 1.54) is 16.9 Å². The number of H-pyrrole nitrogens is 1. The second-order valence-corrected chi connectivity index (χ2v) is 8.90. The van der Waals surface area contributed by atoms with Crippen LogP contribution in [0.1, 0.15) is 46.7 Å². The zero-order valence-corrected chi connectivity index (χ0v) is 18.3. The van der Waals surface area contributed by atoms with E-state index < -0.39 is 0 Å². The van der Waals surface area contributed by atoms with Crippen LogP contribution >= 0.6 is 11.3 Å². The number of amides is 1. The predicted molar refractivity (Wildman–Crippen MR) is 120 cm³/mol. The number of ether oxygens (including phenoxy) is 1. The molecule has 0 bridgehead atoms. The third kappa shape index (κ3) is 4.41. The molecule has 1 aromatic carbocycles. The smallest absolute Gasteiger partial charge is 0.259 e. The molecule has 1 aliphatic carbocycles. The Balaban J connectivity index is 1.34. The van der Waals surface area contributed by atoms with Crippen molar-refractivity contribution >= 4 is 27.5 Å². The lowest BCUT2D eigenvalue weighted by molar-refractivity contribution is -0.121. The van der Waals surface area contributed by atoms with Gasteiger partial charge in [0.2, 0.25) is 5.91 Å². The first kappa shape index (κ1) is 20.6. The third-order valence-electron chi connectivity index (χ3n) is 5.62. The first-order valence-electron chi connectivity index (χ1n) is 10.5. The summed E-state index contributed by atoms with van der Waals surface area (Å²) in [5.41, 5.74) is 3.36. The summed E-state index contributed by atoms with van der Waals surface area (Å²) in [5, 5.41) is 3.71. The maximum absolute atomic E-state index is 12.6. The Kier molecular flexibility index (Phi) is 6.18. The average Bonchev–Trinajstić information content (AvgIpc) is 3.11. The number of rotatable bonds is 7. The number of carbonyl (C=O) groups excluding carboxylic acids is 1. The minimum Gasteiger partial charge on any atom is -0.496 e. The van der Waals surface area contributed by atoms with Crippen molar-refractivity contribution < 1.29 is 9.53 Å². The first-order valence-corrected chi connectivity index (χ1v) is 11.3. The van der Waals surface area contributed by atoms with Gasteiger partial charge in [0.15, 0.2) is 0 Å². The summed E-state index contributed by atoms with van der Waals surface area (Å²) in [6.07, 6.45) is 5.75. The molecule has 0 unspecified atom stereocenters. The van der Waals surface area contributed by atoms with Crippen molar-refractivity contribution in [3.63, 3.8) is 0 Å². The highest BCUT2D eigenvalue weighted by molar-refractivity contribution is 7.18. The molecule has 3 aromatic rings. The lowest BCUT2D eigenvalue weighted by Gasteiger charge is -2.10. The summed E-state index contributed by atoms with van der Waals surface area (Å²) < 4.78 is 5.39. The van der Waals surface area contributed by atoms with E-state index in [-0.39, 0.29) is 11.5 Å². The molecule has 0 saturated carbocycles. The second-order valence-electron chi connectivity index (χ2n) is 7.82. The Morgan fingerprint density at radius 3 is 2.93 bits per heavy atom. The summed E-state index contributed by atoms with van der Waals surface area (Å²) >= 11 is 1.63. The lowest BCUT2D eigenvalue weighted by Crippen LogP contribution is -2.26. The molecule has 2 heterocycles. The number of hydrogen-bond donors (Lipinski definition) is 2. The van der Waals surface area contributed by atoms with Crippen molar-refractivity contribution in [2.24, 2.45) is 0 Å². The van der Waals surface area contributed by atoms with Gasteiger partial charge in [0.1, 0.15) is 16.4 Å². The van der Waals surface area contributed by atoms with Crippen LogP contribution in [0.25, 0.3) is 10.2 Å². The quantitative estimate of drug-likeness (QED) is 0.607. The number of nitrogens with one attached hydrogen (secondary N) is 2. The summed E-state index contributed by atoms with van der Waals surface area (Å²) in [6, 6.07) is 6.04. The van der Waals surface area contributed by atoms with E-state index in [1.807, 2.05) is 19.1 Å². The van der Waals surface area contributed by atoms with Crippen LogP contribution in [-0.2, 0) is 30.5 Å². The number of methoxy groups -OCH3 is 1. The van der Waals surface area contributed by atoms with Crippen LogP contribution in [0, 0.1) is 6.92 Å². The normalized spacial score (nSPS) is 13.3. The monoisotopic (exact) mass is 425 g/mol. The van der Waals surface area contributed by atoms with E-state index in [0.717, 1.165) is 46.4 Å². The van der Waals surface area contributed by atoms with Gasteiger partial charge in [-0.05, 0) is 56.2 Å². The molecule has 30 heavy (non-hydrogen) atoms. The summed E-state index contributed by atoms with van der Waals surface area (Å²) in [4.78, 5) is 34.5. The van der Waals surface area contributed by atoms with Crippen molar-refractivity contribution in [2.45, 2.75) is 51.9 Å². The van der Waals surface area contributed by atoms with Crippen molar-refractivity contribution in [1.29, 1.82) is 0 Å². The van der Waals surface area contributed by atoms with Gasteiger partial charge in [-0.15, -0.1) is 11.3 Å². The fourth-order valence-corrected chi connectivity index (χ4v) is 5.37. The van der Waals surface area contributed by atoms with E-state index in [1.54, 1.807) is 18.4 Å². The number of aromatic amines is 1. The van der Waals surface area contributed by atoms with Crippen molar-refractivity contribution in [2.75, 3.05) is 13.7 Å². The van der Waals surface area contributed by atoms with Gasteiger partial charge in [-0.1, -0.05) is 17.7 Å². The number of carbonyl (C=O) groups is 1. The van der Waals surface area contributed by atoms with E-state index in [4.69, 9.17) is 4.74 Å². The van der Waals surface area contributed by atoms with Crippen LogP contribution in [0.2, 0.25) is 0 Å². The van der Waals surface area contributed by atoms with Gasteiger partial charge in [0.05, 0.1) is 12.5 Å². The van der Waals surface area contributed by atoms with Crippen LogP contribution in [-0.4, -0.2) is 29.5 Å². The topological polar surface area (TPSA) is 84.1 Å². The van der Waals surface area contributed by atoms with Crippen molar-refractivity contribution in [1.82, 2.24) is 15.3 Å². The highest BCUT2D eigenvalue weighted by Gasteiger charge is 2.19. The van der Waals surface area contributed by atoms with Gasteiger partial charge in [-0.2, -0.15) is 0 Å². The number of fused-ring (bicyclic) bond motifs is 3. The van der Waals surface area contributed by atoms with Crippen LogP contribution in [0.4, 0.5) is 0 Å². The van der Waals surface area contributed by atoms with Crippen molar-refractivity contribution in [3.8, 4) is 5.75 Å². The average molecular weight is 426 g/mol. The SMILES string of the molecule is COc1ccc(C)cc1CCNC(=O)CCc1nc2sc3c(c2c(=O)[nH]1)CCCC3. The van der Waals surface area contributed by atoms with E-state index >= 15 is 0 Å². The van der Waals surface area contributed by atoms with Gasteiger partial charge in [-0.3, -0.25) is 9.59 Å². The van der Waals surface area contributed by atoms with Crippen LogP contribution in [0.3, 0.4) is 0 Å². The van der Waals surface area contributed by atoms with Crippen LogP contribution in [0.15, 0.2) is 23.0 Å². The van der Waals surface area contributed by atoms with Crippen LogP contribution in [0.5, 0.6) is 5.75 Å². The molecule has 1 aliphatic rings. The van der Waals surface area contributed by atoms with E-state index in [2.05, 4.69) is 21.4 Å². The number of aromatic nitrogens is 2. The molecular formula is C23H27N3O3S. The fraction of sp³-hybridized carbons (Fsp3) is 0.435. The van der Waals surface area contributed by atoms with Crippen LogP contribution < -0.4 is 15.6 Å². The molecule has 7 heteroatoms. The molecule has 6 nitrogen and oxygen atoms in total. The second kappa shape index (κ2) is 9.00. The molecular weight excluding hydrogens is 398 g/mol. The molecule has 0 radical (unpaired) electrons.